The van der Waals surface area contributed by atoms with E-state index < -0.39 is 11.5 Å². The van der Waals surface area contributed by atoms with Gasteiger partial charge in [0.25, 0.3) is 0 Å². The molecule has 1 unspecified atom stereocenters. The fourth-order valence-electron chi connectivity index (χ4n) is 3.64. The van der Waals surface area contributed by atoms with E-state index in [1.165, 1.54) is 19.3 Å². The van der Waals surface area contributed by atoms with E-state index in [-0.39, 0.29) is 0 Å². The summed E-state index contributed by atoms with van der Waals surface area (Å²) in [6.45, 7) is 6.52. The van der Waals surface area contributed by atoms with Crippen LogP contribution in [0.4, 0.5) is 0 Å². The van der Waals surface area contributed by atoms with Crippen molar-refractivity contribution in [3.63, 3.8) is 0 Å². The highest BCUT2D eigenvalue weighted by atomic mass is 16.4. The van der Waals surface area contributed by atoms with Gasteiger partial charge in [-0.1, -0.05) is 26.7 Å². The van der Waals surface area contributed by atoms with Crippen molar-refractivity contribution in [1.29, 1.82) is 0 Å². The lowest BCUT2D eigenvalue weighted by molar-refractivity contribution is -0.153. The molecule has 0 bridgehead atoms. The molecule has 1 atom stereocenters. The molecule has 0 amide bonds. The number of aliphatic carboxylic acids is 1. The van der Waals surface area contributed by atoms with E-state index in [0.717, 1.165) is 45.2 Å². The number of carboxylic acid groups (broad SMARTS) is 1. The van der Waals surface area contributed by atoms with Crippen molar-refractivity contribution in [2.24, 2.45) is 5.41 Å². The number of carbonyl (C=O) groups is 1. The van der Waals surface area contributed by atoms with E-state index in [9.17, 15) is 9.90 Å². The number of hydrogen-bond donors (Lipinski definition) is 1. The highest BCUT2D eigenvalue weighted by molar-refractivity contribution is 5.78. The van der Waals surface area contributed by atoms with Gasteiger partial charge in [0.1, 0.15) is 5.54 Å². The lowest BCUT2D eigenvalue weighted by Gasteiger charge is -2.42. The van der Waals surface area contributed by atoms with Gasteiger partial charge >= 0.3 is 5.97 Å². The predicted molar refractivity (Wildman–Crippen MR) is 72.7 cm³/mol. The van der Waals surface area contributed by atoms with Crippen LogP contribution in [0.3, 0.4) is 0 Å². The smallest absolute Gasteiger partial charge is 0.324 e. The molecule has 2 rings (SSSR count). The van der Waals surface area contributed by atoms with Gasteiger partial charge in [-0.05, 0) is 57.0 Å². The minimum atomic E-state index is -0.581. The lowest BCUT2D eigenvalue weighted by atomic mass is 9.82. The molecule has 18 heavy (non-hydrogen) atoms. The van der Waals surface area contributed by atoms with Crippen molar-refractivity contribution in [3.05, 3.63) is 0 Å². The second-order valence-corrected chi connectivity index (χ2v) is 6.90. The molecule has 1 aliphatic carbocycles. The van der Waals surface area contributed by atoms with Crippen LogP contribution in [-0.2, 0) is 4.79 Å². The fraction of sp³-hybridized carbons (Fsp3) is 0.933. The van der Waals surface area contributed by atoms with Crippen LogP contribution < -0.4 is 0 Å². The number of likely N-dealkylation sites (tertiary alicyclic amines) is 1. The molecule has 0 aromatic heterocycles. The van der Waals surface area contributed by atoms with Gasteiger partial charge in [-0.2, -0.15) is 0 Å². The molecule has 1 heterocycles. The average molecular weight is 253 g/mol. The fourth-order valence-corrected chi connectivity index (χ4v) is 3.64. The molecule has 1 aliphatic heterocycles. The van der Waals surface area contributed by atoms with Gasteiger partial charge in [0.15, 0.2) is 0 Å². The number of hydrogen-bond acceptors (Lipinski definition) is 2. The predicted octanol–water partition coefficient (Wildman–Crippen LogP) is 3.29. The first-order valence-electron chi connectivity index (χ1n) is 7.45. The van der Waals surface area contributed by atoms with E-state index in [0.29, 0.717) is 5.41 Å². The maximum Gasteiger partial charge on any atom is 0.324 e. The summed E-state index contributed by atoms with van der Waals surface area (Å²) < 4.78 is 0. The molecule has 1 N–H and O–H groups in total. The van der Waals surface area contributed by atoms with Crippen LogP contribution in [0, 0.1) is 5.41 Å². The summed E-state index contributed by atoms with van der Waals surface area (Å²) in [5, 5.41) is 9.79. The maximum atomic E-state index is 11.9. The zero-order chi connectivity index (χ0) is 13.2. The van der Waals surface area contributed by atoms with Crippen LogP contribution in [0.25, 0.3) is 0 Å². The van der Waals surface area contributed by atoms with Crippen molar-refractivity contribution in [1.82, 2.24) is 4.90 Å². The van der Waals surface area contributed by atoms with Gasteiger partial charge in [-0.15, -0.1) is 0 Å². The molecule has 3 heteroatoms. The van der Waals surface area contributed by atoms with E-state index >= 15 is 0 Å². The number of carboxylic acids is 1. The standard InChI is InChI=1S/C15H27NO2/c1-14(2)7-6-8-15(10-9-14,13(17)18)16-11-4-3-5-12-16/h3-12H2,1-2H3,(H,17,18). The van der Waals surface area contributed by atoms with Crippen molar-refractivity contribution < 1.29 is 9.90 Å². The van der Waals surface area contributed by atoms with Gasteiger partial charge in [0.05, 0.1) is 0 Å². The molecular weight excluding hydrogens is 226 g/mol. The summed E-state index contributed by atoms with van der Waals surface area (Å²) in [5.41, 5.74) is -0.249. The molecule has 104 valence electrons. The third-order valence-corrected chi connectivity index (χ3v) is 5.02. The lowest BCUT2D eigenvalue weighted by Crippen LogP contribution is -2.56. The van der Waals surface area contributed by atoms with Crippen molar-refractivity contribution in [2.45, 2.75) is 70.8 Å². The quantitative estimate of drug-likeness (QED) is 0.768. The Morgan fingerprint density at radius 1 is 0.944 bits per heavy atom. The number of nitrogens with zero attached hydrogens (tertiary/aromatic N) is 1. The maximum absolute atomic E-state index is 11.9. The molecule has 2 aliphatic rings. The third kappa shape index (κ3) is 2.71. The zero-order valence-corrected chi connectivity index (χ0v) is 11.9. The summed E-state index contributed by atoms with van der Waals surface area (Å²) in [7, 11) is 0. The Bertz CT molecular complexity index is 308. The Labute approximate surface area is 111 Å². The van der Waals surface area contributed by atoms with Gasteiger partial charge in [0, 0.05) is 0 Å². The molecule has 3 nitrogen and oxygen atoms in total. The Morgan fingerprint density at radius 3 is 2.22 bits per heavy atom. The van der Waals surface area contributed by atoms with E-state index in [4.69, 9.17) is 0 Å². The minimum absolute atomic E-state index is 0.312. The van der Waals surface area contributed by atoms with Crippen LogP contribution >= 0.6 is 0 Å². The Balaban J connectivity index is 2.18. The van der Waals surface area contributed by atoms with Crippen LogP contribution in [0.5, 0.6) is 0 Å². The van der Waals surface area contributed by atoms with Crippen molar-refractivity contribution in [2.75, 3.05) is 13.1 Å². The van der Waals surface area contributed by atoms with E-state index in [1.807, 2.05) is 0 Å². The van der Waals surface area contributed by atoms with Crippen molar-refractivity contribution in [3.8, 4) is 0 Å². The summed E-state index contributed by atoms with van der Waals surface area (Å²) in [6, 6.07) is 0. The van der Waals surface area contributed by atoms with Gasteiger partial charge in [0.2, 0.25) is 0 Å². The highest BCUT2D eigenvalue weighted by Gasteiger charge is 2.46. The molecule has 1 saturated heterocycles. The molecule has 0 radical (unpaired) electrons. The SMILES string of the molecule is CC1(C)CCCC(C(=O)O)(N2CCCCC2)CC1. The van der Waals surface area contributed by atoms with Crippen LogP contribution in [0.1, 0.15) is 65.2 Å². The van der Waals surface area contributed by atoms with Gasteiger partial charge in [-0.25, -0.2) is 0 Å². The molecular formula is C15H27NO2. The second-order valence-electron chi connectivity index (χ2n) is 6.90. The van der Waals surface area contributed by atoms with Crippen molar-refractivity contribution >= 4 is 5.97 Å². The first kappa shape index (κ1) is 13.9. The van der Waals surface area contributed by atoms with E-state index in [2.05, 4.69) is 18.7 Å². The Kier molecular flexibility index (Phi) is 4.00. The summed E-state index contributed by atoms with van der Waals surface area (Å²) in [5.74, 6) is -0.581. The Hall–Kier alpha value is -0.570. The van der Waals surface area contributed by atoms with Gasteiger partial charge in [-0.3, -0.25) is 9.69 Å². The zero-order valence-electron chi connectivity index (χ0n) is 11.9. The average Bonchev–Trinajstić information content (AvgIpc) is 2.50. The van der Waals surface area contributed by atoms with E-state index in [1.54, 1.807) is 0 Å². The molecule has 0 spiro atoms. The third-order valence-electron chi connectivity index (χ3n) is 5.02. The monoisotopic (exact) mass is 253 g/mol. The Morgan fingerprint density at radius 2 is 1.61 bits per heavy atom. The molecule has 0 aromatic rings. The first-order chi connectivity index (χ1) is 8.46. The summed E-state index contributed by atoms with van der Waals surface area (Å²) in [6.07, 6.45) is 8.51. The highest BCUT2D eigenvalue weighted by Crippen LogP contribution is 2.41. The van der Waals surface area contributed by atoms with Crippen LogP contribution in [-0.4, -0.2) is 34.6 Å². The number of rotatable bonds is 2. The summed E-state index contributed by atoms with van der Waals surface area (Å²) in [4.78, 5) is 14.2. The minimum Gasteiger partial charge on any atom is -0.480 e. The normalized spacial score (nSPS) is 33.9. The topological polar surface area (TPSA) is 40.5 Å². The largest absolute Gasteiger partial charge is 0.480 e. The second kappa shape index (κ2) is 5.20. The summed E-state index contributed by atoms with van der Waals surface area (Å²) >= 11 is 0. The number of piperidine rings is 1. The molecule has 0 aromatic carbocycles. The van der Waals surface area contributed by atoms with Crippen LogP contribution in [0.15, 0.2) is 0 Å². The van der Waals surface area contributed by atoms with Crippen LogP contribution in [0.2, 0.25) is 0 Å². The van der Waals surface area contributed by atoms with Gasteiger partial charge < -0.3 is 5.11 Å². The molecule has 2 fully saturated rings. The molecule has 1 saturated carbocycles. The first-order valence-corrected chi connectivity index (χ1v) is 7.45.